The molecule has 2 unspecified atom stereocenters. The lowest BCUT2D eigenvalue weighted by Crippen LogP contribution is -2.42. The fourth-order valence-corrected chi connectivity index (χ4v) is 6.90. The average Bonchev–Trinajstić information content (AvgIpc) is 2.69. The van der Waals surface area contributed by atoms with Gasteiger partial charge in [-0.3, -0.25) is 0 Å². The highest BCUT2D eigenvalue weighted by Gasteiger charge is 2.29. The molecule has 106 valence electrons. The zero-order chi connectivity index (χ0) is 13.5. The summed E-state index contributed by atoms with van der Waals surface area (Å²) >= 11 is 4.27. The molecule has 2 aliphatic rings. The lowest BCUT2D eigenvalue weighted by Gasteiger charge is -2.30. The molecule has 1 aromatic heterocycles. The molecule has 6 heteroatoms. The molecule has 2 heterocycles. The van der Waals surface area contributed by atoms with Crippen LogP contribution >= 0.6 is 33.9 Å². The van der Waals surface area contributed by atoms with E-state index in [2.05, 4.69) is 34.0 Å². The van der Waals surface area contributed by atoms with Crippen LogP contribution in [-0.2, 0) is 16.3 Å². The fourth-order valence-electron chi connectivity index (χ4n) is 3.13. The van der Waals surface area contributed by atoms with E-state index in [9.17, 15) is 8.42 Å². The summed E-state index contributed by atoms with van der Waals surface area (Å²) in [5.74, 6) is 0.692. The molecular weight excluding hydrogens is 393 g/mol. The van der Waals surface area contributed by atoms with Crippen LogP contribution in [0.3, 0.4) is 0 Å². The first kappa shape index (κ1) is 14.3. The van der Waals surface area contributed by atoms with Crippen molar-refractivity contribution in [2.24, 2.45) is 0 Å². The topological polar surface area (TPSA) is 46.2 Å². The van der Waals surface area contributed by atoms with E-state index < -0.39 is 9.84 Å². The van der Waals surface area contributed by atoms with E-state index in [1.807, 2.05) is 11.3 Å². The molecule has 0 bridgehead atoms. The summed E-state index contributed by atoms with van der Waals surface area (Å²) in [6.07, 6.45) is 5.33. The van der Waals surface area contributed by atoms with Crippen molar-refractivity contribution in [2.75, 3.05) is 11.5 Å². The molecule has 1 aliphatic carbocycles. The van der Waals surface area contributed by atoms with Crippen molar-refractivity contribution in [1.82, 2.24) is 5.32 Å². The zero-order valence-electron chi connectivity index (χ0n) is 10.7. The molecule has 1 aliphatic heterocycles. The number of sulfone groups is 1. The highest BCUT2D eigenvalue weighted by Crippen LogP contribution is 2.36. The van der Waals surface area contributed by atoms with Gasteiger partial charge in [-0.15, -0.1) is 11.3 Å². The van der Waals surface area contributed by atoms with E-state index in [0.717, 1.165) is 19.3 Å². The number of hydrogen-bond acceptors (Lipinski definition) is 4. The van der Waals surface area contributed by atoms with Gasteiger partial charge in [-0.05, 0) is 66.3 Å². The number of thiophene rings is 1. The molecule has 0 amide bonds. The molecule has 3 nitrogen and oxygen atoms in total. The largest absolute Gasteiger partial charge is 0.306 e. The van der Waals surface area contributed by atoms with Gasteiger partial charge in [0.2, 0.25) is 0 Å². The van der Waals surface area contributed by atoms with Gasteiger partial charge in [0.25, 0.3) is 0 Å². The Kier molecular flexibility index (Phi) is 4.22. The van der Waals surface area contributed by atoms with Crippen molar-refractivity contribution in [3.05, 3.63) is 19.4 Å². The summed E-state index contributed by atoms with van der Waals surface area (Å²) in [6.45, 7) is 0. The number of aryl methyl sites for hydroxylation is 1. The number of hydrogen-bond donors (Lipinski definition) is 1. The smallest absolute Gasteiger partial charge is 0.151 e. The number of rotatable bonds is 2. The van der Waals surface area contributed by atoms with Gasteiger partial charge in [0.15, 0.2) is 9.84 Å². The Bertz CT molecular complexity index is 567. The molecule has 0 spiro atoms. The fraction of sp³-hybridized carbons (Fsp3) is 0.692. The van der Waals surface area contributed by atoms with Gasteiger partial charge in [-0.1, -0.05) is 0 Å². The molecule has 1 aromatic rings. The Balaban J connectivity index is 1.74. The standard InChI is InChI=1S/C13H18INO2S2/c14-13-7-10-11(4-1-5-12(10)18-13)15-9-3-2-6-19(16,17)8-9/h7,9,11,15H,1-6,8H2. The number of fused-ring (bicyclic) bond motifs is 1. The Labute approximate surface area is 132 Å². The third-order valence-electron chi connectivity index (χ3n) is 3.98. The molecule has 0 radical (unpaired) electrons. The highest BCUT2D eigenvalue weighted by molar-refractivity contribution is 14.1. The third-order valence-corrected chi connectivity index (χ3v) is 7.78. The lowest BCUT2D eigenvalue weighted by atomic mass is 9.93. The molecular formula is C13H18INO2S2. The minimum Gasteiger partial charge on any atom is -0.306 e. The summed E-state index contributed by atoms with van der Waals surface area (Å²) in [5, 5.41) is 3.61. The normalized spacial score (nSPS) is 29.9. The summed E-state index contributed by atoms with van der Waals surface area (Å²) in [4.78, 5) is 1.49. The summed E-state index contributed by atoms with van der Waals surface area (Å²) in [7, 11) is -2.82. The first-order valence-electron chi connectivity index (χ1n) is 6.78. The van der Waals surface area contributed by atoms with Gasteiger partial charge in [0.05, 0.1) is 14.4 Å². The van der Waals surface area contributed by atoms with E-state index in [1.54, 1.807) is 0 Å². The molecule has 19 heavy (non-hydrogen) atoms. The van der Waals surface area contributed by atoms with E-state index in [1.165, 1.54) is 26.2 Å². The van der Waals surface area contributed by atoms with Crippen molar-refractivity contribution in [1.29, 1.82) is 0 Å². The Hall–Kier alpha value is 0.340. The molecule has 0 aromatic carbocycles. The van der Waals surface area contributed by atoms with Crippen molar-refractivity contribution in [2.45, 2.75) is 44.2 Å². The quantitative estimate of drug-likeness (QED) is 0.762. The predicted octanol–water partition coefficient (Wildman–Crippen LogP) is 2.90. The second-order valence-corrected chi connectivity index (χ2v) is 10.8. The second kappa shape index (κ2) is 5.61. The van der Waals surface area contributed by atoms with Crippen LogP contribution < -0.4 is 5.32 Å². The van der Waals surface area contributed by atoms with Gasteiger partial charge in [-0.2, -0.15) is 0 Å². The van der Waals surface area contributed by atoms with Crippen LogP contribution in [0.15, 0.2) is 6.07 Å². The molecule has 0 saturated carbocycles. The summed E-state index contributed by atoms with van der Waals surface area (Å²) < 4.78 is 24.8. The number of nitrogens with one attached hydrogen (secondary N) is 1. The third kappa shape index (κ3) is 3.33. The molecule has 2 atom stereocenters. The Morgan fingerprint density at radius 1 is 1.32 bits per heavy atom. The van der Waals surface area contributed by atoms with Gasteiger partial charge in [-0.25, -0.2) is 8.42 Å². The Morgan fingerprint density at radius 2 is 2.16 bits per heavy atom. The maximum atomic E-state index is 11.7. The first-order chi connectivity index (χ1) is 9.03. The maximum absolute atomic E-state index is 11.7. The van der Waals surface area contributed by atoms with Crippen LogP contribution in [0.4, 0.5) is 0 Å². The van der Waals surface area contributed by atoms with Crippen LogP contribution in [0.25, 0.3) is 0 Å². The lowest BCUT2D eigenvalue weighted by molar-refractivity contribution is 0.388. The van der Waals surface area contributed by atoms with E-state index in [4.69, 9.17) is 0 Å². The van der Waals surface area contributed by atoms with Gasteiger partial charge >= 0.3 is 0 Å². The van der Waals surface area contributed by atoms with Crippen LogP contribution in [0.5, 0.6) is 0 Å². The predicted molar refractivity (Wildman–Crippen MR) is 87.5 cm³/mol. The molecule has 1 fully saturated rings. The van der Waals surface area contributed by atoms with E-state index in [-0.39, 0.29) is 6.04 Å². The van der Waals surface area contributed by atoms with Gasteiger partial charge in [0, 0.05) is 17.0 Å². The van der Waals surface area contributed by atoms with Crippen molar-refractivity contribution < 1.29 is 8.42 Å². The Morgan fingerprint density at radius 3 is 2.95 bits per heavy atom. The van der Waals surface area contributed by atoms with Crippen LogP contribution in [0, 0.1) is 2.88 Å². The van der Waals surface area contributed by atoms with E-state index >= 15 is 0 Å². The SMILES string of the molecule is O=S1(=O)CCCC(NC2CCCc3sc(I)cc32)C1. The molecule has 1 N–H and O–H groups in total. The first-order valence-corrected chi connectivity index (χ1v) is 10.5. The van der Waals surface area contributed by atoms with Crippen molar-refractivity contribution in [3.8, 4) is 0 Å². The summed E-state index contributed by atoms with van der Waals surface area (Å²) in [6, 6.07) is 2.78. The molecule has 3 rings (SSSR count). The van der Waals surface area contributed by atoms with E-state index in [0.29, 0.717) is 17.5 Å². The maximum Gasteiger partial charge on any atom is 0.151 e. The van der Waals surface area contributed by atoms with Gasteiger partial charge in [0.1, 0.15) is 0 Å². The second-order valence-electron chi connectivity index (χ2n) is 5.49. The van der Waals surface area contributed by atoms with Gasteiger partial charge < -0.3 is 5.32 Å². The van der Waals surface area contributed by atoms with Crippen molar-refractivity contribution in [3.63, 3.8) is 0 Å². The van der Waals surface area contributed by atoms with Crippen LogP contribution in [-0.4, -0.2) is 26.0 Å². The minimum atomic E-state index is -2.82. The highest BCUT2D eigenvalue weighted by atomic mass is 127. The van der Waals surface area contributed by atoms with Crippen LogP contribution in [0.2, 0.25) is 0 Å². The summed E-state index contributed by atoms with van der Waals surface area (Å²) in [5.41, 5.74) is 1.42. The van der Waals surface area contributed by atoms with Crippen LogP contribution in [0.1, 0.15) is 42.2 Å². The minimum absolute atomic E-state index is 0.146. The average molecular weight is 411 g/mol. The number of halogens is 1. The monoisotopic (exact) mass is 411 g/mol. The van der Waals surface area contributed by atoms with Crippen molar-refractivity contribution >= 4 is 43.8 Å². The zero-order valence-corrected chi connectivity index (χ0v) is 14.5. The molecule has 1 saturated heterocycles.